The van der Waals surface area contributed by atoms with Crippen LogP contribution in [-0.2, 0) is 4.79 Å². The summed E-state index contributed by atoms with van der Waals surface area (Å²) >= 11 is 0. The molecule has 1 N–H and O–H groups in total. The van der Waals surface area contributed by atoms with Gasteiger partial charge < -0.3 is 15.1 Å². The van der Waals surface area contributed by atoms with E-state index in [0.717, 1.165) is 49.1 Å². The number of carbonyl (C=O) groups excluding carboxylic acids is 1. The fraction of sp³-hybridized carbons (Fsp3) is 0.318. The van der Waals surface area contributed by atoms with Crippen LogP contribution in [0.5, 0.6) is 0 Å². The highest BCUT2D eigenvalue weighted by Crippen LogP contribution is 2.29. The van der Waals surface area contributed by atoms with Gasteiger partial charge in [0.25, 0.3) is 0 Å². The second-order valence-electron chi connectivity index (χ2n) is 8.05. The molecule has 0 radical (unpaired) electrons. The summed E-state index contributed by atoms with van der Waals surface area (Å²) in [7, 11) is 0. The van der Waals surface area contributed by atoms with Crippen molar-refractivity contribution in [2.75, 3.05) is 29.9 Å². The number of amides is 1. The zero-order valence-electron chi connectivity index (χ0n) is 17.1. The highest BCUT2D eigenvalue weighted by Gasteiger charge is 2.35. The summed E-state index contributed by atoms with van der Waals surface area (Å²) in [4.78, 5) is 20.5. The van der Waals surface area contributed by atoms with Crippen molar-refractivity contribution in [1.82, 2.24) is 19.7 Å². The molecule has 0 bridgehead atoms. The maximum atomic E-state index is 13.5. The fourth-order valence-electron chi connectivity index (χ4n) is 4.36. The minimum Gasteiger partial charge on any atom is -0.368 e. The van der Waals surface area contributed by atoms with Gasteiger partial charge in [0.1, 0.15) is 18.0 Å². The van der Waals surface area contributed by atoms with Crippen LogP contribution >= 0.6 is 0 Å². The molecule has 0 spiro atoms. The molecule has 2 saturated heterocycles. The van der Waals surface area contributed by atoms with Crippen molar-refractivity contribution in [1.29, 1.82) is 0 Å². The van der Waals surface area contributed by atoms with E-state index in [1.54, 1.807) is 0 Å². The predicted octanol–water partition coefficient (Wildman–Crippen LogP) is 3.41. The van der Waals surface area contributed by atoms with Gasteiger partial charge in [0, 0.05) is 49.5 Å². The number of carbonyl (C=O) groups is 1. The Kier molecular flexibility index (Phi) is 4.80. The van der Waals surface area contributed by atoms with E-state index in [1.165, 1.54) is 23.1 Å². The van der Waals surface area contributed by atoms with E-state index in [0.29, 0.717) is 12.4 Å². The van der Waals surface area contributed by atoms with E-state index >= 15 is 0 Å². The van der Waals surface area contributed by atoms with Gasteiger partial charge in [0.15, 0.2) is 0 Å². The Morgan fingerprint density at radius 3 is 2.65 bits per heavy atom. The van der Waals surface area contributed by atoms with Crippen LogP contribution in [-0.4, -0.2) is 51.2 Å². The van der Waals surface area contributed by atoms with Gasteiger partial charge >= 0.3 is 0 Å². The quantitative estimate of drug-likeness (QED) is 0.695. The van der Waals surface area contributed by atoms with Crippen molar-refractivity contribution < 1.29 is 13.6 Å². The zero-order chi connectivity index (χ0) is 21.5. The first kappa shape index (κ1) is 19.5. The first-order chi connectivity index (χ1) is 14.9. The molecule has 2 aliphatic rings. The number of nitrogens with zero attached hydrogens (tertiary/aromatic N) is 5. The molecule has 9 heteroatoms. The van der Waals surface area contributed by atoms with Gasteiger partial charge in [0.2, 0.25) is 11.9 Å². The molecule has 160 valence electrons. The van der Waals surface area contributed by atoms with Gasteiger partial charge in [0.05, 0.1) is 5.69 Å². The fourth-order valence-corrected chi connectivity index (χ4v) is 4.36. The average Bonchev–Trinajstić information content (AvgIpc) is 3.33. The standard InChI is InChI=1S/C22H22F2N6O/c1-14-6-17(11-19(7-14)28-4-5-29-18(12-28)2-3-21(29)31)26-22-25-13-30(27-22)20-9-15(23)8-16(24)10-20/h6-11,13,18H,2-5,12H2,1H3,(H,26,27). The van der Waals surface area contributed by atoms with Crippen LogP contribution in [0.3, 0.4) is 0 Å². The Hall–Kier alpha value is -3.49. The van der Waals surface area contributed by atoms with Gasteiger partial charge in [-0.05, 0) is 49.2 Å². The number of hydrogen-bond donors (Lipinski definition) is 1. The summed E-state index contributed by atoms with van der Waals surface area (Å²) < 4.78 is 28.3. The molecule has 3 aromatic rings. The predicted molar refractivity (Wildman–Crippen MR) is 113 cm³/mol. The third-order valence-electron chi connectivity index (χ3n) is 5.78. The molecule has 31 heavy (non-hydrogen) atoms. The van der Waals surface area contributed by atoms with Crippen LogP contribution in [0.25, 0.3) is 5.69 Å². The van der Waals surface area contributed by atoms with Crippen molar-refractivity contribution in [2.24, 2.45) is 0 Å². The average molecular weight is 424 g/mol. The zero-order valence-corrected chi connectivity index (χ0v) is 17.1. The molecule has 2 aromatic carbocycles. The molecule has 3 heterocycles. The molecule has 5 rings (SSSR count). The van der Waals surface area contributed by atoms with Crippen LogP contribution in [0.15, 0.2) is 42.7 Å². The highest BCUT2D eigenvalue weighted by atomic mass is 19.1. The lowest BCUT2D eigenvalue weighted by Crippen LogP contribution is -2.51. The second-order valence-corrected chi connectivity index (χ2v) is 8.05. The van der Waals surface area contributed by atoms with Crippen LogP contribution in [0.4, 0.5) is 26.1 Å². The van der Waals surface area contributed by atoms with Gasteiger partial charge in [-0.1, -0.05) is 0 Å². The summed E-state index contributed by atoms with van der Waals surface area (Å²) in [5, 5.41) is 7.46. The summed E-state index contributed by atoms with van der Waals surface area (Å²) in [6.07, 6.45) is 2.96. The van der Waals surface area contributed by atoms with E-state index in [-0.39, 0.29) is 17.6 Å². The van der Waals surface area contributed by atoms with Crippen molar-refractivity contribution in [2.45, 2.75) is 25.8 Å². The van der Waals surface area contributed by atoms with Gasteiger partial charge in [-0.15, -0.1) is 5.10 Å². The topological polar surface area (TPSA) is 66.3 Å². The first-order valence-corrected chi connectivity index (χ1v) is 10.3. The van der Waals surface area contributed by atoms with Crippen molar-refractivity contribution in [3.8, 4) is 5.69 Å². The van der Waals surface area contributed by atoms with Gasteiger partial charge in [-0.2, -0.15) is 4.98 Å². The largest absolute Gasteiger partial charge is 0.368 e. The van der Waals surface area contributed by atoms with Crippen LogP contribution in [0.2, 0.25) is 0 Å². The van der Waals surface area contributed by atoms with E-state index in [1.807, 2.05) is 24.0 Å². The third-order valence-corrected chi connectivity index (χ3v) is 5.78. The molecule has 0 saturated carbocycles. The summed E-state index contributed by atoms with van der Waals surface area (Å²) in [5.74, 6) is -0.761. The van der Waals surface area contributed by atoms with Crippen molar-refractivity contribution >= 4 is 23.2 Å². The van der Waals surface area contributed by atoms with Gasteiger partial charge in [-0.3, -0.25) is 4.79 Å². The number of hydrogen-bond acceptors (Lipinski definition) is 5. The number of nitrogens with one attached hydrogen (secondary N) is 1. The molecule has 1 aromatic heterocycles. The molecule has 2 aliphatic heterocycles. The summed E-state index contributed by atoms with van der Waals surface area (Å²) in [5.41, 5.74) is 3.24. The highest BCUT2D eigenvalue weighted by molar-refractivity contribution is 5.79. The molecule has 0 aliphatic carbocycles. The molecule has 2 fully saturated rings. The van der Waals surface area contributed by atoms with E-state index in [9.17, 15) is 13.6 Å². The Balaban J connectivity index is 1.34. The SMILES string of the molecule is Cc1cc(Nc2ncn(-c3cc(F)cc(F)c3)n2)cc(N2CCN3C(=O)CCC3C2)c1. The van der Waals surface area contributed by atoms with Crippen molar-refractivity contribution in [3.63, 3.8) is 0 Å². The lowest BCUT2D eigenvalue weighted by Gasteiger charge is -2.39. The number of benzene rings is 2. The number of halogens is 2. The van der Waals surface area contributed by atoms with Gasteiger partial charge in [-0.25, -0.2) is 13.5 Å². The van der Waals surface area contributed by atoms with Crippen LogP contribution in [0.1, 0.15) is 18.4 Å². The minimum absolute atomic E-state index is 0.256. The minimum atomic E-state index is -0.674. The van der Waals surface area contributed by atoms with Crippen LogP contribution < -0.4 is 10.2 Å². The third kappa shape index (κ3) is 3.95. The molecular formula is C22H22F2N6O. The number of anilines is 3. The lowest BCUT2D eigenvalue weighted by atomic mass is 10.1. The molecule has 1 atom stereocenters. The number of aromatic nitrogens is 3. The lowest BCUT2D eigenvalue weighted by molar-refractivity contribution is -0.129. The second kappa shape index (κ2) is 7.64. The number of fused-ring (bicyclic) bond motifs is 1. The molecular weight excluding hydrogens is 402 g/mol. The van der Waals surface area contributed by atoms with E-state index in [2.05, 4.69) is 26.4 Å². The summed E-state index contributed by atoms with van der Waals surface area (Å²) in [6.45, 7) is 4.39. The Labute approximate surface area is 178 Å². The van der Waals surface area contributed by atoms with E-state index in [4.69, 9.17) is 0 Å². The smallest absolute Gasteiger partial charge is 0.246 e. The van der Waals surface area contributed by atoms with Crippen molar-refractivity contribution in [3.05, 3.63) is 59.9 Å². The van der Waals surface area contributed by atoms with E-state index < -0.39 is 11.6 Å². The number of piperazine rings is 1. The molecule has 1 amide bonds. The Morgan fingerprint density at radius 1 is 1.03 bits per heavy atom. The Morgan fingerprint density at radius 2 is 1.84 bits per heavy atom. The molecule has 1 unspecified atom stereocenters. The normalized spacial score (nSPS) is 18.4. The molecule has 7 nitrogen and oxygen atoms in total. The number of aryl methyl sites for hydroxylation is 1. The number of rotatable bonds is 4. The maximum Gasteiger partial charge on any atom is 0.246 e. The summed E-state index contributed by atoms with van der Waals surface area (Å²) in [6, 6.07) is 9.62. The Bertz CT molecular complexity index is 1130. The van der Waals surface area contributed by atoms with Crippen LogP contribution in [0, 0.1) is 18.6 Å². The first-order valence-electron chi connectivity index (χ1n) is 10.3. The maximum absolute atomic E-state index is 13.5. The monoisotopic (exact) mass is 424 g/mol.